The van der Waals surface area contributed by atoms with Gasteiger partial charge in [0.05, 0.1) is 6.61 Å². The fourth-order valence-corrected chi connectivity index (χ4v) is 2.67. The van der Waals surface area contributed by atoms with Crippen LogP contribution in [-0.2, 0) is 10.3 Å². The SMILES string of the molecule is C[C@]1(c2cc(NCC3CC3)ccc2F)N=C(N)COC[C@@H]1F. The van der Waals surface area contributed by atoms with E-state index in [0.717, 1.165) is 12.2 Å². The smallest absolute Gasteiger partial charge is 0.152 e. The van der Waals surface area contributed by atoms with Crippen LogP contribution in [0.4, 0.5) is 14.5 Å². The molecule has 0 spiro atoms. The standard InChI is InChI=1S/C16H21F2N3O/c1-16(14(18)8-22-9-15(19)21-16)12-6-11(4-5-13(12)17)20-7-10-2-3-10/h4-6,10,14,20H,2-3,7-9H2,1H3,(H2,19,21)/t14-,16+/m0/s1. The Balaban J connectivity index is 1.93. The van der Waals surface area contributed by atoms with Crippen molar-refractivity contribution >= 4 is 11.5 Å². The van der Waals surface area contributed by atoms with Gasteiger partial charge in [-0.2, -0.15) is 0 Å². The van der Waals surface area contributed by atoms with E-state index in [1.165, 1.54) is 18.9 Å². The molecule has 0 unspecified atom stereocenters. The average molecular weight is 309 g/mol. The number of alkyl halides is 1. The number of hydrogen-bond acceptors (Lipinski definition) is 4. The summed E-state index contributed by atoms with van der Waals surface area (Å²) in [6.07, 6.45) is 0.995. The van der Waals surface area contributed by atoms with Gasteiger partial charge in [-0.15, -0.1) is 0 Å². The molecule has 0 saturated heterocycles. The number of nitrogens with one attached hydrogen (secondary N) is 1. The minimum absolute atomic E-state index is 0.0667. The third-order valence-corrected chi connectivity index (χ3v) is 4.30. The van der Waals surface area contributed by atoms with Crippen LogP contribution >= 0.6 is 0 Å². The lowest BCUT2D eigenvalue weighted by Crippen LogP contribution is -2.35. The number of hydrogen-bond donors (Lipinski definition) is 2. The van der Waals surface area contributed by atoms with Gasteiger partial charge in [-0.05, 0) is 43.9 Å². The predicted molar refractivity (Wildman–Crippen MR) is 82.3 cm³/mol. The molecule has 1 aliphatic heterocycles. The zero-order chi connectivity index (χ0) is 15.7. The van der Waals surface area contributed by atoms with Crippen molar-refractivity contribution in [2.75, 3.05) is 25.1 Å². The van der Waals surface area contributed by atoms with Crippen molar-refractivity contribution in [3.63, 3.8) is 0 Å². The number of amidine groups is 1. The highest BCUT2D eigenvalue weighted by molar-refractivity contribution is 5.82. The van der Waals surface area contributed by atoms with Crippen LogP contribution in [0.5, 0.6) is 0 Å². The third kappa shape index (κ3) is 3.06. The van der Waals surface area contributed by atoms with E-state index in [-0.39, 0.29) is 24.6 Å². The molecule has 1 aromatic carbocycles. The van der Waals surface area contributed by atoms with E-state index < -0.39 is 17.5 Å². The summed E-state index contributed by atoms with van der Waals surface area (Å²) in [4.78, 5) is 4.20. The molecule has 6 heteroatoms. The molecule has 0 bridgehead atoms. The van der Waals surface area contributed by atoms with Gasteiger partial charge in [0, 0.05) is 17.8 Å². The van der Waals surface area contributed by atoms with Crippen molar-refractivity contribution in [2.45, 2.75) is 31.5 Å². The van der Waals surface area contributed by atoms with Crippen molar-refractivity contribution in [1.82, 2.24) is 0 Å². The van der Waals surface area contributed by atoms with Crippen molar-refractivity contribution in [1.29, 1.82) is 0 Å². The molecule has 22 heavy (non-hydrogen) atoms. The first-order chi connectivity index (χ1) is 10.5. The lowest BCUT2D eigenvalue weighted by atomic mass is 9.87. The summed E-state index contributed by atoms with van der Waals surface area (Å²) in [7, 11) is 0. The maximum Gasteiger partial charge on any atom is 0.152 e. The first-order valence-corrected chi connectivity index (χ1v) is 7.59. The number of aliphatic imine (C=N–C) groups is 1. The summed E-state index contributed by atoms with van der Waals surface area (Å²) in [5.74, 6) is 0.386. The summed E-state index contributed by atoms with van der Waals surface area (Å²) in [6, 6.07) is 4.64. The second-order valence-corrected chi connectivity index (χ2v) is 6.25. The zero-order valence-corrected chi connectivity index (χ0v) is 12.6. The third-order valence-electron chi connectivity index (χ3n) is 4.30. The highest BCUT2D eigenvalue weighted by Gasteiger charge is 2.40. The Morgan fingerprint density at radius 3 is 2.95 bits per heavy atom. The van der Waals surface area contributed by atoms with Crippen LogP contribution in [0.2, 0.25) is 0 Å². The molecule has 0 amide bonds. The lowest BCUT2D eigenvalue weighted by molar-refractivity contribution is 0.0755. The van der Waals surface area contributed by atoms with Crippen LogP contribution < -0.4 is 11.1 Å². The molecule has 3 rings (SSSR count). The Morgan fingerprint density at radius 1 is 1.45 bits per heavy atom. The van der Waals surface area contributed by atoms with Crippen molar-refractivity contribution in [3.05, 3.63) is 29.6 Å². The van der Waals surface area contributed by atoms with Gasteiger partial charge in [0.25, 0.3) is 0 Å². The molecular formula is C16H21F2N3O. The molecule has 1 aliphatic carbocycles. The highest BCUT2D eigenvalue weighted by Crippen LogP contribution is 2.36. The first kappa shape index (κ1) is 15.2. The predicted octanol–water partition coefficient (Wildman–Crippen LogP) is 2.59. The Labute approximate surface area is 128 Å². The summed E-state index contributed by atoms with van der Waals surface area (Å²) < 4.78 is 33.9. The van der Waals surface area contributed by atoms with E-state index >= 15 is 0 Å². The summed E-state index contributed by atoms with van der Waals surface area (Å²) in [5.41, 5.74) is 5.33. The molecule has 120 valence electrons. The van der Waals surface area contributed by atoms with E-state index in [1.54, 1.807) is 19.1 Å². The minimum atomic E-state index is -1.46. The van der Waals surface area contributed by atoms with Crippen molar-refractivity contribution < 1.29 is 13.5 Å². The van der Waals surface area contributed by atoms with E-state index in [2.05, 4.69) is 10.3 Å². The lowest BCUT2D eigenvalue weighted by Gasteiger charge is -2.29. The van der Waals surface area contributed by atoms with Gasteiger partial charge in [0.15, 0.2) is 6.17 Å². The van der Waals surface area contributed by atoms with Gasteiger partial charge >= 0.3 is 0 Å². The monoisotopic (exact) mass is 309 g/mol. The van der Waals surface area contributed by atoms with Gasteiger partial charge in [0.1, 0.15) is 23.8 Å². The van der Waals surface area contributed by atoms with Gasteiger partial charge < -0.3 is 15.8 Å². The molecule has 1 fully saturated rings. The van der Waals surface area contributed by atoms with Crippen LogP contribution in [0.1, 0.15) is 25.3 Å². The van der Waals surface area contributed by atoms with E-state index in [1.807, 2.05) is 0 Å². The fraction of sp³-hybridized carbons (Fsp3) is 0.562. The number of ether oxygens (including phenoxy) is 1. The normalized spacial score (nSPS) is 28.9. The van der Waals surface area contributed by atoms with Gasteiger partial charge in [0.2, 0.25) is 0 Å². The van der Waals surface area contributed by atoms with Gasteiger partial charge in [-0.1, -0.05) is 0 Å². The molecule has 4 nitrogen and oxygen atoms in total. The Bertz CT molecular complexity index is 589. The number of halogens is 2. The van der Waals surface area contributed by atoms with Crippen LogP contribution in [-0.4, -0.2) is 31.8 Å². The van der Waals surface area contributed by atoms with Crippen LogP contribution in [0.15, 0.2) is 23.2 Å². The summed E-state index contributed by atoms with van der Waals surface area (Å²) in [6.45, 7) is 2.33. The molecular weight excluding hydrogens is 288 g/mol. The second-order valence-electron chi connectivity index (χ2n) is 6.25. The van der Waals surface area contributed by atoms with E-state index in [0.29, 0.717) is 5.92 Å². The van der Waals surface area contributed by atoms with Crippen LogP contribution in [0.3, 0.4) is 0 Å². The van der Waals surface area contributed by atoms with Crippen LogP contribution in [0, 0.1) is 11.7 Å². The molecule has 2 atom stereocenters. The van der Waals surface area contributed by atoms with Crippen LogP contribution in [0.25, 0.3) is 0 Å². The Morgan fingerprint density at radius 2 is 2.23 bits per heavy atom. The highest BCUT2D eigenvalue weighted by atomic mass is 19.1. The molecule has 1 saturated carbocycles. The number of nitrogens with zero attached hydrogens (tertiary/aromatic N) is 1. The first-order valence-electron chi connectivity index (χ1n) is 7.59. The molecule has 1 aromatic rings. The number of anilines is 1. The van der Waals surface area contributed by atoms with E-state index in [9.17, 15) is 8.78 Å². The van der Waals surface area contributed by atoms with Crippen molar-refractivity contribution in [2.24, 2.45) is 16.6 Å². The largest absolute Gasteiger partial charge is 0.386 e. The van der Waals surface area contributed by atoms with E-state index in [4.69, 9.17) is 10.5 Å². The zero-order valence-electron chi connectivity index (χ0n) is 12.6. The summed E-state index contributed by atoms with van der Waals surface area (Å²) in [5, 5.41) is 3.27. The summed E-state index contributed by atoms with van der Waals surface area (Å²) >= 11 is 0. The van der Waals surface area contributed by atoms with Gasteiger partial charge in [-0.3, -0.25) is 4.99 Å². The number of nitrogens with two attached hydrogens (primary N) is 1. The van der Waals surface area contributed by atoms with Gasteiger partial charge in [-0.25, -0.2) is 8.78 Å². The molecule has 0 radical (unpaired) electrons. The maximum absolute atomic E-state index is 14.5. The maximum atomic E-state index is 14.5. The molecule has 1 heterocycles. The molecule has 3 N–H and O–H groups in total. The Hall–Kier alpha value is -1.69. The fourth-order valence-electron chi connectivity index (χ4n) is 2.67. The molecule has 0 aromatic heterocycles. The molecule has 2 aliphatic rings. The quantitative estimate of drug-likeness (QED) is 0.899. The topological polar surface area (TPSA) is 59.6 Å². The second kappa shape index (κ2) is 5.83. The average Bonchev–Trinajstić information content (AvgIpc) is 3.30. The minimum Gasteiger partial charge on any atom is -0.386 e. The Kier molecular flexibility index (Phi) is 4.04. The number of benzene rings is 1. The number of rotatable bonds is 4. The van der Waals surface area contributed by atoms with Crippen molar-refractivity contribution in [3.8, 4) is 0 Å².